The molecule has 2 heterocycles. The van der Waals surface area contributed by atoms with Gasteiger partial charge in [0.05, 0.1) is 0 Å². The number of hydrogen-bond acceptors (Lipinski definition) is 5. The fourth-order valence-electron chi connectivity index (χ4n) is 3.93. The molecule has 1 fully saturated rings. The summed E-state index contributed by atoms with van der Waals surface area (Å²) in [5.41, 5.74) is 0.999. The molecule has 3 rings (SSSR count). The number of amides is 1. The maximum absolute atomic E-state index is 13.1. The molecule has 30 heavy (non-hydrogen) atoms. The van der Waals surface area contributed by atoms with Crippen LogP contribution in [0.2, 0.25) is 0 Å². The molecule has 164 valence electrons. The van der Waals surface area contributed by atoms with E-state index in [-0.39, 0.29) is 17.8 Å². The van der Waals surface area contributed by atoms with Gasteiger partial charge in [-0.3, -0.25) is 4.79 Å². The zero-order valence-electron chi connectivity index (χ0n) is 18.1. The van der Waals surface area contributed by atoms with Crippen LogP contribution in [0.3, 0.4) is 0 Å². The Morgan fingerprint density at radius 1 is 1.13 bits per heavy atom. The summed E-state index contributed by atoms with van der Waals surface area (Å²) in [5.74, 6) is 0.811. The maximum atomic E-state index is 13.1. The summed E-state index contributed by atoms with van der Waals surface area (Å²) in [6.07, 6.45) is 8.49. The first-order chi connectivity index (χ1) is 14.6. The Morgan fingerprint density at radius 3 is 2.60 bits per heavy atom. The average molecular weight is 433 g/mol. The van der Waals surface area contributed by atoms with Gasteiger partial charge in [-0.15, -0.1) is 0 Å². The van der Waals surface area contributed by atoms with Crippen LogP contribution < -0.4 is 4.90 Å². The molecule has 1 aliphatic rings. The first-order valence-electron chi connectivity index (χ1n) is 11.2. The number of anilines is 1. The molecule has 0 saturated carbocycles. The predicted octanol–water partition coefficient (Wildman–Crippen LogP) is 5.06. The number of aromatic nitrogens is 2. The smallest absolute Gasteiger partial charge is 0.222 e. The number of piperazine rings is 1. The summed E-state index contributed by atoms with van der Waals surface area (Å²) in [7, 11) is 0. The van der Waals surface area contributed by atoms with Gasteiger partial charge in [-0.25, -0.2) is 9.37 Å². The quantitative estimate of drug-likeness (QED) is 0.493. The molecule has 1 saturated heterocycles. The number of benzene rings is 1. The average Bonchev–Trinajstić information content (AvgIpc) is 3.20. The van der Waals surface area contributed by atoms with E-state index in [0.29, 0.717) is 12.8 Å². The Balaban J connectivity index is 1.45. The van der Waals surface area contributed by atoms with E-state index in [1.54, 1.807) is 12.1 Å². The summed E-state index contributed by atoms with van der Waals surface area (Å²) < 4.78 is 17.5. The zero-order chi connectivity index (χ0) is 21.3. The highest BCUT2D eigenvalue weighted by molar-refractivity contribution is 7.09. The summed E-state index contributed by atoms with van der Waals surface area (Å²) >= 11 is 1.40. The highest BCUT2D eigenvalue weighted by Gasteiger charge is 2.28. The van der Waals surface area contributed by atoms with Crippen LogP contribution in [0.25, 0.3) is 0 Å². The summed E-state index contributed by atoms with van der Waals surface area (Å²) in [5, 5.41) is 0.905. The second-order valence-corrected chi connectivity index (χ2v) is 8.93. The Hall–Kier alpha value is -2.02. The van der Waals surface area contributed by atoms with Gasteiger partial charge < -0.3 is 9.80 Å². The van der Waals surface area contributed by atoms with Crippen LogP contribution in [0.5, 0.6) is 0 Å². The molecule has 7 heteroatoms. The molecule has 1 unspecified atom stereocenters. The van der Waals surface area contributed by atoms with Crippen molar-refractivity contribution in [2.75, 3.05) is 24.5 Å². The Bertz CT molecular complexity index is 795. The van der Waals surface area contributed by atoms with Crippen molar-refractivity contribution in [3.8, 4) is 0 Å². The van der Waals surface area contributed by atoms with Crippen LogP contribution in [-0.2, 0) is 11.2 Å². The minimum Gasteiger partial charge on any atom is -0.343 e. The van der Waals surface area contributed by atoms with Crippen molar-refractivity contribution >= 4 is 22.6 Å². The molecular weight excluding hydrogens is 399 g/mol. The van der Waals surface area contributed by atoms with Gasteiger partial charge in [0, 0.05) is 50.1 Å². The van der Waals surface area contributed by atoms with Gasteiger partial charge in [-0.1, -0.05) is 51.2 Å². The molecule has 0 spiro atoms. The molecular formula is C23H33FN4OS. The van der Waals surface area contributed by atoms with Crippen LogP contribution in [0.15, 0.2) is 24.3 Å². The minimum absolute atomic E-state index is 0.177. The van der Waals surface area contributed by atoms with E-state index in [0.717, 1.165) is 49.0 Å². The lowest BCUT2D eigenvalue weighted by atomic mass is 10.1. The van der Waals surface area contributed by atoms with Gasteiger partial charge in [-0.2, -0.15) is 4.37 Å². The standard InChI is InChI=1S/C23H33FN4OS/c1-3-4-5-6-7-8-9-22(29)28-15-14-27(17-18(28)2)23-25-21(26-30-23)16-19-10-12-20(24)13-11-19/h10-13,18H,3-9,14-17H2,1-2H3. The van der Waals surface area contributed by atoms with Crippen molar-refractivity contribution in [2.45, 2.75) is 71.3 Å². The Morgan fingerprint density at radius 2 is 1.87 bits per heavy atom. The molecule has 1 aromatic heterocycles. The lowest BCUT2D eigenvalue weighted by molar-refractivity contribution is -0.133. The normalized spacial score (nSPS) is 16.8. The van der Waals surface area contributed by atoms with Crippen molar-refractivity contribution in [3.63, 3.8) is 0 Å². The van der Waals surface area contributed by atoms with Gasteiger partial charge in [0.1, 0.15) is 11.6 Å². The van der Waals surface area contributed by atoms with Crippen molar-refractivity contribution < 1.29 is 9.18 Å². The van der Waals surface area contributed by atoms with Gasteiger partial charge in [0.2, 0.25) is 11.0 Å². The molecule has 0 bridgehead atoms. The van der Waals surface area contributed by atoms with E-state index in [4.69, 9.17) is 0 Å². The number of carbonyl (C=O) groups excluding carboxylic acids is 1. The van der Waals surface area contributed by atoms with Crippen LogP contribution in [0, 0.1) is 5.82 Å². The predicted molar refractivity (Wildman–Crippen MR) is 120 cm³/mol. The zero-order valence-corrected chi connectivity index (χ0v) is 19.0. The van der Waals surface area contributed by atoms with Gasteiger partial charge in [0.25, 0.3) is 0 Å². The maximum Gasteiger partial charge on any atom is 0.222 e. The van der Waals surface area contributed by atoms with E-state index in [9.17, 15) is 9.18 Å². The van der Waals surface area contributed by atoms with E-state index >= 15 is 0 Å². The third-order valence-corrected chi connectivity index (χ3v) is 6.51. The molecule has 1 aromatic carbocycles. The first kappa shape index (κ1) is 22.7. The van der Waals surface area contributed by atoms with Crippen LogP contribution in [-0.4, -0.2) is 45.8 Å². The van der Waals surface area contributed by atoms with Crippen molar-refractivity contribution in [1.29, 1.82) is 0 Å². The lowest BCUT2D eigenvalue weighted by Gasteiger charge is -2.39. The highest BCUT2D eigenvalue weighted by Crippen LogP contribution is 2.23. The minimum atomic E-state index is -0.233. The molecule has 5 nitrogen and oxygen atoms in total. The summed E-state index contributed by atoms with van der Waals surface area (Å²) in [4.78, 5) is 21.6. The molecule has 2 aromatic rings. The molecule has 0 N–H and O–H groups in total. The Labute approximate surface area is 183 Å². The topological polar surface area (TPSA) is 49.3 Å². The molecule has 0 aliphatic carbocycles. The Kier molecular flexibility index (Phi) is 8.61. The van der Waals surface area contributed by atoms with Crippen LogP contribution >= 0.6 is 11.5 Å². The summed E-state index contributed by atoms with van der Waals surface area (Å²) in [6, 6.07) is 6.64. The van der Waals surface area contributed by atoms with E-state index in [1.807, 2.05) is 4.90 Å². The fourth-order valence-corrected chi connectivity index (χ4v) is 4.65. The fraction of sp³-hybridized carbons (Fsp3) is 0.609. The third-order valence-electron chi connectivity index (χ3n) is 5.70. The number of unbranched alkanes of at least 4 members (excludes halogenated alkanes) is 5. The van der Waals surface area contributed by atoms with Crippen molar-refractivity contribution in [1.82, 2.24) is 14.3 Å². The second-order valence-electron chi connectivity index (χ2n) is 8.20. The molecule has 1 aliphatic heterocycles. The molecule has 0 radical (unpaired) electrons. The van der Waals surface area contributed by atoms with Crippen LogP contribution in [0.1, 0.15) is 70.2 Å². The number of carbonyl (C=O) groups is 1. The van der Waals surface area contributed by atoms with Crippen molar-refractivity contribution in [2.24, 2.45) is 0 Å². The number of nitrogens with zero attached hydrogens (tertiary/aromatic N) is 4. The highest BCUT2D eigenvalue weighted by atomic mass is 32.1. The number of hydrogen-bond donors (Lipinski definition) is 0. The number of halogens is 1. The largest absolute Gasteiger partial charge is 0.343 e. The third kappa shape index (κ3) is 6.49. The number of rotatable bonds is 10. The van der Waals surface area contributed by atoms with Crippen LogP contribution in [0.4, 0.5) is 9.52 Å². The molecule has 1 amide bonds. The van der Waals surface area contributed by atoms with Gasteiger partial charge in [-0.05, 0) is 31.0 Å². The van der Waals surface area contributed by atoms with E-state index in [2.05, 4.69) is 28.1 Å². The first-order valence-corrected chi connectivity index (χ1v) is 12.0. The van der Waals surface area contributed by atoms with Gasteiger partial charge in [0.15, 0.2) is 0 Å². The van der Waals surface area contributed by atoms with Gasteiger partial charge >= 0.3 is 0 Å². The van der Waals surface area contributed by atoms with Crippen molar-refractivity contribution in [3.05, 3.63) is 41.5 Å². The summed E-state index contributed by atoms with van der Waals surface area (Å²) in [6.45, 7) is 6.65. The van der Waals surface area contributed by atoms with E-state index in [1.165, 1.54) is 49.3 Å². The molecule has 1 atom stereocenters. The SMILES string of the molecule is CCCCCCCCC(=O)N1CCN(c2nc(Cc3ccc(F)cc3)ns2)CC1C. The lowest BCUT2D eigenvalue weighted by Crippen LogP contribution is -2.54. The second kappa shape index (κ2) is 11.4. The monoisotopic (exact) mass is 432 g/mol. The van der Waals surface area contributed by atoms with E-state index < -0.39 is 0 Å².